The lowest BCUT2D eigenvalue weighted by Gasteiger charge is -2.17. The van der Waals surface area contributed by atoms with Crippen LogP contribution in [0.4, 0.5) is 4.39 Å². The van der Waals surface area contributed by atoms with E-state index in [1.165, 1.54) is 4.90 Å². The van der Waals surface area contributed by atoms with Crippen LogP contribution >= 0.6 is 11.8 Å². The number of thioether (sulfide) groups is 1. The summed E-state index contributed by atoms with van der Waals surface area (Å²) in [6.07, 6.45) is 0.162. The third-order valence-corrected chi connectivity index (χ3v) is 4.30. The van der Waals surface area contributed by atoms with Crippen LogP contribution < -0.4 is 0 Å². The molecule has 4 nitrogen and oxygen atoms in total. The number of carbonyl (C=O) groups excluding carboxylic acids is 1. The maximum absolute atomic E-state index is 13.8. The van der Waals surface area contributed by atoms with Gasteiger partial charge in [0.25, 0.3) is 0 Å². The Morgan fingerprint density at radius 2 is 2.05 bits per heavy atom. The summed E-state index contributed by atoms with van der Waals surface area (Å²) in [6, 6.07) is 9.69. The van der Waals surface area contributed by atoms with Crippen LogP contribution in [0.5, 0.6) is 0 Å². The van der Waals surface area contributed by atoms with Crippen LogP contribution in [-0.4, -0.2) is 46.4 Å². The maximum Gasteiger partial charge on any atom is 0.343 e. The summed E-state index contributed by atoms with van der Waals surface area (Å²) in [6.45, 7) is -0.158. The Morgan fingerprint density at radius 3 is 2.65 bits per heavy atom. The number of hydrogen-bond donors (Lipinski definition) is 1. The summed E-state index contributed by atoms with van der Waals surface area (Å²) in [5, 5.41) is 8.78. The fourth-order valence-corrected chi connectivity index (χ4v) is 2.95. The molecule has 1 aromatic rings. The highest BCUT2D eigenvalue weighted by Gasteiger charge is 2.46. The number of amides is 1. The zero-order valence-electron chi connectivity index (χ0n) is 10.9. The van der Waals surface area contributed by atoms with Crippen LogP contribution in [0.15, 0.2) is 35.2 Å². The summed E-state index contributed by atoms with van der Waals surface area (Å²) < 4.78 is 13.8. The minimum atomic E-state index is -2.28. The summed E-state index contributed by atoms with van der Waals surface area (Å²) in [5.74, 6) is -1.06. The molecule has 1 aliphatic rings. The predicted molar refractivity (Wildman–Crippen MR) is 74.5 cm³/mol. The molecule has 6 heteroatoms. The van der Waals surface area contributed by atoms with Gasteiger partial charge in [0.2, 0.25) is 11.6 Å². The SMILES string of the molecule is O=C(CCSc1ccccc1)N1CCC(F)(C(=O)O)C1. The summed E-state index contributed by atoms with van der Waals surface area (Å²) >= 11 is 1.56. The fraction of sp³-hybridized carbons (Fsp3) is 0.429. The Kier molecular flexibility index (Phi) is 4.65. The second-order valence-electron chi connectivity index (χ2n) is 4.75. The van der Waals surface area contributed by atoms with E-state index >= 15 is 0 Å². The van der Waals surface area contributed by atoms with Crippen molar-refractivity contribution in [2.45, 2.75) is 23.4 Å². The number of likely N-dealkylation sites (tertiary alicyclic amines) is 1. The standard InChI is InChI=1S/C14H16FNO3S/c15-14(13(18)19)7-8-16(10-14)12(17)6-9-20-11-4-2-1-3-5-11/h1-5H,6-10H2,(H,18,19). The molecule has 0 radical (unpaired) electrons. The molecule has 0 bridgehead atoms. The Bertz CT molecular complexity index is 496. The van der Waals surface area contributed by atoms with E-state index in [0.29, 0.717) is 5.75 Å². The highest BCUT2D eigenvalue weighted by Crippen LogP contribution is 2.27. The van der Waals surface area contributed by atoms with E-state index in [0.717, 1.165) is 4.90 Å². The predicted octanol–water partition coefficient (Wildman–Crippen LogP) is 2.19. The molecule has 1 amide bonds. The number of aliphatic carboxylic acids is 1. The first-order valence-electron chi connectivity index (χ1n) is 6.39. The largest absolute Gasteiger partial charge is 0.479 e. The quantitative estimate of drug-likeness (QED) is 0.847. The zero-order valence-corrected chi connectivity index (χ0v) is 11.7. The third-order valence-electron chi connectivity index (χ3n) is 3.28. The van der Waals surface area contributed by atoms with Gasteiger partial charge in [0, 0.05) is 30.0 Å². The van der Waals surface area contributed by atoms with E-state index in [4.69, 9.17) is 5.11 Å². The number of carboxylic acid groups (broad SMARTS) is 1. The first-order chi connectivity index (χ1) is 9.51. The Morgan fingerprint density at radius 1 is 1.35 bits per heavy atom. The van der Waals surface area contributed by atoms with Crippen molar-refractivity contribution in [2.24, 2.45) is 0 Å². The molecule has 1 unspecified atom stereocenters. The molecule has 1 heterocycles. The fourth-order valence-electron chi connectivity index (χ4n) is 2.09. The number of halogens is 1. The highest BCUT2D eigenvalue weighted by atomic mass is 32.2. The third kappa shape index (κ3) is 3.50. The van der Waals surface area contributed by atoms with Gasteiger partial charge in [-0.15, -0.1) is 11.8 Å². The zero-order chi connectivity index (χ0) is 14.6. The van der Waals surface area contributed by atoms with Crippen molar-refractivity contribution in [1.82, 2.24) is 4.90 Å². The van der Waals surface area contributed by atoms with Crippen molar-refractivity contribution >= 4 is 23.6 Å². The molecule has 1 aliphatic heterocycles. The second-order valence-corrected chi connectivity index (χ2v) is 5.92. The Balaban J connectivity index is 1.78. The number of nitrogens with zero attached hydrogens (tertiary/aromatic N) is 1. The van der Waals surface area contributed by atoms with Crippen LogP contribution in [0.25, 0.3) is 0 Å². The van der Waals surface area contributed by atoms with Crippen molar-refractivity contribution < 1.29 is 19.1 Å². The number of alkyl halides is 1. The molecule has 108 valence electrons. The van der Waals surface area contributed by atoms with Crippen molar-refractivity contribution in [3.63, 3.8) is 0 Å². The molecule has 1 aromatic carbocycles. The van der Waals surface area contributed by atoms with Crippen molar-refractivity contribution in [1.29, 1.82) is 0 Å². The van der Waals surface area contributed by atoms with E-state index in [2.05, 4.69) is 0 Å². The first kappa shape index (κ1) is 14.8. The minimum Gasteiger partial charge on any atom is -0.479 e. The van der Waals surface area contributed by atoms with Crippen LogP contribution in [0.3, 0.4) is 0 Å². The van der Waals surface area contributed by atoms with Crippen LogP contribution in [-0.2, 0) is 9.59 Å². The van der Waals surface area contributed by atoms with Gasteiger partial charge in [0.15, 0.2) is 0 Å². The molecule has 0 aliphatic carbocycles. The molecule has 1 saturated heterocycles. The van der Waals surface area contributed by atoms with Crippen LogP contribution in [0.2, 0.25) is 0 Å². The van der Waals surface area contributed by atoms with E-state index in [1.54, 1.807) is 11.8 Å². The van der Waals surface area contributed by atoms with Crippen molar-refractivity contribution in [2.75, 3.05) is 18.8 Å². The number of benzene rings is 1. The molecular weight excluding hydrogens is 281 g/mol. The van der Waals surface area contributed by atoms with Gasteiger partial charge in [-0.1, -0.05) is 18.2 Å². The topological polar surface area (TPSA) is 57.6 Å². The van der Waals surface area contributed by atoms with E-state index in [1.807, 2.05) is 30.3 Å². The van der Waals surface area contributed by atoms with Gasteiger partial charge < -0.3 is 10.0 Å². The molecule has 20 heavy (non-hydrogen) atoms. The lowest BCUT2D eigenvalue weighted by molar-refractivity contribution is -0.150. The summed E-state index contributed by atoms with van der Waals surface area (Å²) in [7, 11) is 0. The van der Waals surface area contributed by atoms with Gasteiger partial charge in [-0.25, -0.2) is 9.18 Å². The molecular formula is C14H16FNO3S. The lowest BCUT2D eigenvalue weighted by atomic mass is 10.1. The van der Waals surface area contributed by atoms with E-state index < -0.39 is 11.6 Å². The maximum atomic E-state index is 13.8. The summed E-state index contributed by atoms with van der Waals surface area (Å²) in [5.41, 5.74) is -2.28. The lowest BCUT2D eigenvalue weighted by Crippen LogP contribution is -2.39. The molecule has 1 N–H and O–H groups in total. The first-order valence-corrected chi connectivity index (χ1v) is 7.38. The van der Waals surface area contributed by atoms with Crippen LogP contribution in [0.1, 0.15) is 12.8 Å². The van der Waals surface area contributed by atoms with E-state index in [9.17, 15) is 14.0 Å². The summed E-state index contributed by atoms with van der Waals surface area (Å²) in [4.78, 5) is 25.1. The average molecular weight is 297 g/mol. The normalized spacial score (nSPS) is 21.9. The molecule has 1 atom stereocenters. The Labute approximate surface area is 121 Å². The van der Waals surface area contributed by atoms with Gasteiger partial charge in [-0.2, -0.15) is 0 Å². The van der Waals surface area contributed by atoms with Gasteiger partial charge in [0.05, 0.1) is 6.54 Å². The molecule has 0 spiro atoms. The number of hydrogen-bond acceptors (Lipinski definition) is 3. The smallest absolute Gasteiger partial charge is 0.343 e. The van der Waals surface area contributed by atoms with Crippen LogP contribution in [0, 0.1) is 0 Å². The van der Waals surface area contributed by atoms with Gasteiger partial charge in [0.1, 0.15) is 0 Å². The molecule has 2 rings (SSSR count). The second kappa shape index (κ2) is 6.26. The highest BCUT2D eigenvalue weighted by molar-refractivity contribution is 7.99. The molecule has 0 aromatic heterocycles. The number of carbonyl (C=O) groups is 2. The molecule has 1 fully saturated rings. The van der Waals surface area contributed by atoms with Gasteiger partial charge in [-0.3, -0.25) is 4.79 Å². The van der Waals surface area contributed by atoms with Gasteiger partial charge >= 0.3 is 5.97 Å². The van der Waals surface area contributed by atoms with Crippen molar-refractivity contribution in [3.8, 4) is 0 Å². The van der Waals surface area contributed by atoms with E-state index in [-0.39, 0.29) is 31.8 Å². The number of rotatable bonds is 5. The molecule has 0 saturated carbocycles. The van der Waals surface area contributed by atoms with Gasteiger partial charge in [-0.05, 0) is 12.1 Å². The average Bonchev–Trinajstić information content (AvgIpc) is 2.84. The number of carboxylic acids is 1. The monoisotopic (exact) mass is 297 g/mol. The minimum absolute atomic E-state index is 0.125. The van der Waals surface area contributed by atoms with Crippen molar-refractivity contribution in [3.05, 3.63) is 30.3 Å². The Hall–Kier alpha value is -1.56.